The molecule has 2 bridgehead atoms. The number of halogens is 4. The minimum absolute atomic E-state index is 0.00818. The summed E-state index contributed by atoms with van der Waals surface area (Å²) in [7, 11) is 8.16. The minimum atomic E-state index is -0.990. The Balaban J connectivity index is 1.32. The highest BCUT2D eigenvalue weighted by Gasteiger charge is 2.63. The normalized spacial score (nSPS) is 26.7. The predicted molar refractivity (Wildman–Crippen MR) is 195 cm³/mol. The number of benzene rings is 2. The van der Waals surface area contributed by atoms with Crippen LogP contribution in [0.5, 0.6) is 6.01 Å². The van der Waals surface area contributed by atoms with Gasteiger partial charge in [0.2, 0.25) is 0 Å². The molecule has 8 rings (SSSR count). The van der Waals surface area contributed by atoms with E-state index in [4.69, 9.17) is 32.0 Å². The first-order valence-electron chi connectivity index (χ1n) is 16.5. The topological polar surface area (TPSA) is 103 Å². The van der Waals surface area contributed by atoms with Gasteiger partial charge in [0.15, 0.2) is 5.82 Å². The maximum Gasteiger partial charge on any atom is 0.318 e. The molecule has 4 fully saturated rings. The Bertz CT molecular complexity index is 2050. The van der Waals surface area contributed by atoms with Crippen LogP contribution in [0.15, 0.2) is 18.2 Å². The van der Waals surface area contributed by atoms with Crippen LogP contribution in [0, 0.1) is 23.0 Å². The van der Waals surface area contributed by atoms with Crippen molar-refractivity contribution in [2.24, 2.45) is 0 Å². The molecule has 0 amide bonds. The summed E-state index contributed by atoms with van der Waals surface area (Å²) < 4.78 is 54.1. The number of nitriles is 1. The summed E-state index contributed by atoms with van der Waals surface area (Å²) in [6.45, 7) is 1.66. The first-order chi connectivity index (χ1) is 22.7. The third-order valence-electron chi connectivity index (χ3n) is 11.4. The van der Waals surface area contributed by atoms with E-state index >= 15 is 8.78 Å². The fourth-order valence-electron chi connectivity index (χ4n) is 8.99. The molecule has 3 N–H and O–H groups in total. The Morgan fingerprint density at radius 3 is 2.58 bits per heavy atom. The highest BCUT2D eigenvalue weighted by atomic mass is 35.5. The standard InChI is InChI=1S/C31H33B4ClF3N7OS/c32-30(33)6-5-29(8-13(37)10-46(29)30)31(34,35)47-28-43-24-17(27(44-28)45-11-14-1-2-15(12-45)42-14)7-19(36)22(23(24)39)16-3-4-20(38)25-21(16)18(9-40)26(41)48-25/h3-4,7,13-15,42H,1-2,5-6,8,10-12,32-35,41H2/t13-,14?,15?,29?/m1/s1. The molecular formula is C31H33B4ClF3N7OS. The zero-order chi connectivity index (χ0) is 33.9. The molecule has 4 atom stereocenters. The SMILES string of the molecule is BC1(B)CCC2(C(B)(B)Oc3nc(N4CC5CCC(C4)N5)c4cc(Cl)c(-c5ccc(F)c6sc(N)c(C#N)c56)c(F)c4n3)C[C@@H](F)CN12. The highest BCUT2D eigenvalue weighted by molar-refractivity contribution is 7.23. The number of nitrogens with two attached hydrogens (primary N) is 1. The second-order valence-electron chi connectivity index (χ2n) is 14.9. The van der Waals surface area contributed by atoms with Crippen LogP contribution in [-0.2, 0) is 0 Å². The zero-order valence-electron chi connectivity index (χ0n) is 27.3. The molecule has 3 unspecified atom stereocenters. The van der Waals surface area contributed by atoms with Gasteiger partial charge >= 0.3 is 6.01 Å². The van der Waals surface area contributed by atoms with E-state index in [-0.39, 0.29) is 65.7 Å². The van der Waals surface area contributed by atoms with Gasteiger partial charge in [-0.15, -0.1) is 11.3 Å². The Morgan fingerprint density at radius 2 is 1.88 bits per heavy atom. The molecule has 2 aromatic heterocycles. The first kappa shape index (κ1) is 32.1. The van der Waals surface area contributed by atoms with Gasteiger partial charge in [0, 0.05) is 60.0 Å². The number of ether oxygens (including phenoxy) is 1. The van der Waals surface area contributed by atoms with Crippen LogP contribution in [0.1, 0.15) is 37.7 Å². The Kier molecular flexibility index (Phi) is 7.32. The van der Waals surface area contributed by atoms with Gasteiger partial charge in [-0.05, 0) is 48.7 Å². The summed E-state index contributed by atoms with van der Waals surface area (Å²) in [6.07, 6.45) is 3.03. The summed E-state index contributed by atoms with van der Waals surface area (Å²) in [6, 6.07) is 6.86. The third-order valence-corrected chi connectivity index (χ3v) is 12.7. The molecular weight excluding hydrogens is 654 g/mol. The fraction of sp³-hybridized carbons (Fsp3) is 0.452. The van der Waals surface area contributed by atoms with E-state index in [1.54, 1.807) is 6.07 Å². The van der Waals surface area contributed by atoms with Gasteiger partial charge in [0.25, 0.3) is 0 Å². The summed E-state index contributed by atoms with van der Waals surface area (Å²) in [5.74, 6) is -0.796. The summed E-state index contributed by atoms with van der Waals surface area (Å²) >= 11 is 7.83. The van der Waals surface area contributed by atoms with Crippen molar-refractivity contribution in [1.29, 1.82) is 5.26 Å². The Labute approximate surface area is 289 Å². The average Bonchev–Trinajstić information content (AvgIpc) is 3.74. The van der Waals surface area contributed by atoms with Crippen molar-refractivity contribution in [3.05, 3.63) is 40.4 Å². The summed E-state index contributed by atoms with van der Waals surface area (Å²) in [5, 5.41) is 13.2. The average molecular weight is 687 g/mol. The Morgan fingerprint density at radius 1 is 1.15 bits per heavy atom. The molecule has 4 saturated heterocycles. The van der Waals surface area contributed by atoms with Crippen molar-refractivity contribution in [2.45, 2.75) is 66.6 Å². The van der Waals surface area contributed by atoms with Crippen LogP contribution < -0.4 is 20.7 Å². The third kappa shape index (κ3) is 4.67. The van der Waals surface area contributed by atoms with Crippen molar-refractivity contribution in [2.75, 3.05) is 30.3 Å². The van der Waals surface area contributed by atoms with Gasteiger partial charge in [-0.2, -0.15) is 15.2 Å². The number of nitrogen functional groups attached to an aromatic ring is 1. The number of thiophene rings is 1. The van der Waals surface area contributed by atoms with Crippen molar-refractivity contribution < 1.29 is 17.9 Å². The molecule has 8 nitrogen and oxygen atoms in total. The summed E-state index contributed by atoms with van der Waals surface area (Å²) in [4.78, 5) is 14.0. The number of anilines is 2. The number of fused-ring (bicyclic) bond motifs is 5. The number of nitrogens with one attached hydrogen (secondary N) is 1. The molecule has 4 aliphatic rings. The lowest BCUT2D eigenvalue weighted by Gasteiger charge is -2.49. The van der Waals surface area contributed by atoms with E-state index in [9.17, 15) is 9.65 Å². The number of alkyl halides is 1. The van der Waals surface area contributed by atoms with Crippen LogP contribution in [-0.4, -0.2) is 100 Å². The smallest absolute Gasteiger partial charge is 0.318 e. The second-order valence-corrected chi connectivity index (χ2v) is 16.4. The molecule has 48 heavy (non-hydrogen) atoms. The van der Waals surface area contributed by atoms with Gasteiger partial charge in [-0.25, -0.2) is 13.2 Å². The van der Waals surface area contributed by atoms with Crippen molar-refractivity contribution in [3.63, 3.8) is 0 Å². The number of piperazine rings is 1. The quantitative estimate of drug-likeness (QED) is 0.306. The lowest BCUT2D eigenvalue weighted by molar-refractivity contribution is 0.0395. The number of aromatic nitrogens is 2. The number of nitrogens with zero attached hydrogens (tertiary/aromatic N) is 5. The Hall–Kier alpha value is -3.11. The molecule has 4 aromatic rings. The van der Waals surface area contributed by atoms with Crippen molar-refractivity contribution >= 4 is 86.1 Å². The molecule has 0 aliphatic carbocycles. The van der Waals surface area contributed by atoms with E-state index in [1.807, 2.05) is 15.7 Å². The zero-order valence-corrected chi connectivity index (χ0v) is 28.8. The van der Waals surface area contributed by atoms with Gasteiger partial charge in [-0.3, -0.25) is 0 Å². The molecule has 17 heteroatoms. The fourth-order valence-corrected chi connectivity index (χ4v) is 10.2. The van der Waals surface area contributed by atoms with Crippen LogP contribution in [0.4, 0.5) is 24.0 Å². The first-order valence-corrected chi connectivity index (χ1v) is 17.6. The van der Waals surface area contributed by atoms with Crippen LogP contribution in [0.3, 0.4) is 0 Å². The maximum absolute atomic E-state index is 17.2. The van der Waals surface area contributed by atoms with Gasteiger partial charge < -0.3 is 25.6 Å². The van der Waals surface area contributed by atoms with Crippen LogP contribution in [0.25, 0.3) is 32.1 Å². The number of hydrogen-bond donors (Lipinski definition) is 2. The monoisotopic (exact) mass is 687 g/mol. The van der Waals surface area contributed by atoms with Gasteiger partial charge in [0.1, 0.15) is 65.8 Å². The molecule has 0 radical (unpaired) electrons. The highest BCUT2D eigenvalue weighted by Crippen LogP contribution is 2.52. The predicted octanol–water partition coefficient (Wildman–Crippen LogP) is 1.63. The molecule has 0 saturated carbocycles. The van der Waals surface area contributed by atoms with Gasteiger partial charge in [-0.1, -0.05) is 17.7 Å². The molecule has 244 valence electrons. The maximum atomic E-state index is 17.2. The van der Waals surface area contributed by atoms with Crippen molar-refractivity contribution in [3.8, 4) is 23.2 Å². The number of rotatable bonds is 5. The van der Waals surface area contributed by atoms with Crippen LogP contribution >= 0.6 is 22.9 Å². The van der Waals surface area contributed by atoms with E-state index in [2.05, 4.69) is 36.9 Å². The molecule has 4 aliphatic heterocycles. The van der Waals surface area contributed by atoms with Crippen molar-refractivity contribution in [1.82, 2.24) is 20.2 Å². The number of hydrogen-bond acceptors (Lipinski definition) is 9. The van der Waals surface area contributed by atoms with E-state index < -0.39 is 28.7 Å². The van der Waals surface area contributed by atoms with E-state index in [1.165, 1.54) is 12.1 Å². The van der Waals surface area contributed by atoms with E-state index in [0.29, 0.717) is 37.3 Å². The molecule has 0 spiro atoms. The second kappa shape index (κ2) is 10.9. The van der Waals surface area contributed by atoms with Crippen LogP contribution in [0.2, 0.25) is 5.02 Å². The minimum Gasteiger partial charge on any atom is -0.474 e. The van der Waals surface area contributed by atoms with E-state index in [0.717, 1.165) is 37.0 Å². The largest absolute Gasteiger partial charge is 0.474 e. The van der Waals surface area contributed by atoms with Gasteiger partial charge in [0.05, 0.1) is 20.7 Å². The lowest BCUT2D eigenvalue weighted by Crippen LogP contribution is -2.66. The molecule has 2 aromatic carbocycles. The molecule has 6 heterocycles. The summed E-state index contributed by atoms with van der Waals surface area (Å²) in [5.41, 5.74) is 5.78. The lowest BCUT2D eigenvalue weighted by atomic mass is 9.52.